The molecule has 0 aliphatic heterocycles. The van der Waals surface area contributed by atoms with Crippen molar-refractivity contribution < 1.29 is 4.74 Å². The Morgan fingerprint density at radius 3 is 2.58 bits per heavy atom. The van der Waals surface area contributed by atoms with Crippen LogP contribution in [-0.2, 0) is 0 Å². The number of methoxy groups -OCH3 is 1. The lowest BCUT2D eigenvalue weighted by Gasteiger charge is -2.20. The molecule has 0 heterocycles. The van der Waals surface area contributed by atoms with Gasteiger partial charge >= 0.3 is 0 Å². The zero-order valence-corrected chi connectivity index (χ0v) is 12.8. The lowest BCUT2D eigenvalue weighted by molar-refractivity contribution is 0.381. The normalized spacial score (nSPS) is 12.7. The maximum atomic E-state index is 5.44. The molecular formula is C16H28N2O. The number of hydrogen-bond donors (Lipinski definition) is 1. The smallest absolute Gasteiger partial charge is 0.123 e. The van der Waals surface area contributed by atoms with E-state index in [2.05, 4.69) is 43.4 Å². The summed E-state index contributed by atoms with van der Waals surface area (Å²) in [5, 5.41) is 3.64. The number of nitrogens with zero attached hydrogens (tertiary/aromatic N) is 1. The van der Waals surface area contributed by atoms with Crippen LogP contribution in [0.25, 0.3) is 0 Å². The van der Waals surface area contributed by atoms with Crippen LogP contribution in [0, 0.1) is 0 Å². The molecule has 0 aliphatic carbocycles. The highest BCUT2D eigenvalue weighted by Gasteiger charge is 2.12. The Hall–Kier alpha value is -1.06. The van der Waals surface area contributed by atoms with Gasteiger partial charge in [-0.3, -0.25) is 0 Å². The second kappa shape index (κ2) is 8.94. The van der Waals surface area contributed by atoms with Crippen LogP contribution in [-0.4, -0.2) is 39.2 Å². The number of hydrogen-bond acceptors (Lipinski definition) is 3. The van der Waals surface area contributed by atoms with E-state index in [0.29, 0.717) is 6.04 Å². The molecule has 0 saturated carbocycles. The van der Waals surface area contributed by atoms with Crippen molar-refractivity contribution in [3.8, 4) is 5.75 Å². The zero-order chi connectivity index (χ0) is 14.1. The van der Waals surface area contributed by atoms with E-state index in [4.69, 9.17) is 4.74 Å². The van der Waals surface area contributed by atoms with E-state index in [9.17, 15) is 0 Å². The van der Waals surface area contributed by atoms with Gasteiger partial charge < -0.3 is 15.0 Å². The number of ether oxygens (including phenoxy) is 1. The molecule has 3 nitrogen and oxygen atoms in total. The maximum absolute atomic E-state index is 5.44. The van der Waals surface area contributed by atoms with Crippen molar-refractivity contribution in [1.29, 1.82) is 0 Å². The van der Waals surface area contributed by atoms with Crippen LogP contribution in [0.2, 0.25) is 0 Å². The van der Waals surface area contributed by atoms with Crippen LogP contribution in [0.4, 0.5) is 0 Å². The molecule has 1 N–H and O–H groups in total. The van der Waals surface area contributed by atoms with Gasteiger partial charge in [-0.25, -0.2) is 0 Å². The van der Waals surface area contributed by atoms with E-state index >= 15 is 0 Å². The molecule has 0 aliphatic rings. The summed E-state index contributed by atoms with van der Waals surface area (Å²) in [4.78, 5) is 2.23. The van der Waals surface area contributed by atoms with E-state index in [1.54, 1.807) is 7.11 Å². The largest absolute Gasteiger partial charge is 0.496 e. The van der Waals surface area contributed by atoms with Crippen molar-refractivity contribution in [2.24, 2.45) is 0 Å². The van der Waals surface area contributed by atoms with E-state index in [1.165, 1.54) is 18.4 Å². The Kier molecular flexibility index (Phi) is 7.53. The van der Waals surface area contributed by atoms with Crippen LogP contribution in [0.5, 0.6) is 5.75 Å². The topological polar surface area (TPSA) is 24.5 Å². The van der Waals surface area contributed by atoms with Crippen molar-refractivity contribution in [2.45, 2.75) is 32.2 Å². The average molecular weight is 264 g/mol. The lowest BCUT2D eigenvalue weighted by Crippen LogP contribution is -2.23. The highest BCUT2D eigenvalue weighted by atomic mass is 16.5. The second-order valence-corrected chi connectivity index (χ2v) is 5.17. The fourth-order valence-corrected chi connectivity index (χ4v) is 2.26. The van der Waals surface area contributed by atoms with E-state index < -0.39 is 0 Å². The minimum absolute atomic E-state index is 0.385. The van der Waals surface area contributed by atoms with Crippen LogP contribution in [0.3, 0.4) is 0 Å². The van der Waals surface area contributed by atoms with Crippen LogP contribution < -0.4 is 10.1 Å². The van der Waals surface area contributed by atoms with Crippen molar-refractivity contribution in [2.75, 3.05) is 34.3 Å². The first-order valence-electron chi connectivity index (χ1n) is 7.20. The Bertz CT molecular complexity index is 352. The summed E-state index contributed by atoms with van der Waals surface area (Å²) in [7, 11) is 5.98. The maximum Gasteiger partial charge on any atom is 0.123 e. The molecule has 0 radical (unpaired) electrons. The first kappa shape index (κ1) is 16.0. The summed E-state index contributed by atoms with van der Waals surface area (Å²) >= 11 is 0. The lowest BCUT2D eigenvalue weighted by atomic mass is 10.0. The molecule has 0 amide bonds. The monoisotopic (exact) mass is 264 g/mol. The van der Waals surface area contributed by atoms with Gasteiger partial charge in [0.1, 0.15) is 5.75 Å². The molecule has 0 spiro atoms. The molecule has 0 aromatic heterocycles. The minimum Gasteiger partial charge on any atom is -0.496 e. The fraction of sp³-hybridized carbons (Fsp3) is 0.625. The number of nitrogens with one attached hydrogen (secondary N) is 1. The third-order valence-corrected chi connectivity index (χ3v) is 3.35. The van der Waals surface area contributed by atoms with Crippen molar-refractivity contribution in [1.82, 2.24) is 10.2 Å². The molecule has 0 saturated heterocycles. The quantitative estimate of drug-likeness (QED) is 0.694. The number of para-hydroxylation sites is 1. The summed E-state index contributed by atoms with van der Waals surface area (Å²) < 4.78 is 5.44. The molecule has 1 aromatic rings. The van der Waals surface area contributed by atoms with Gasteiger partial charge in [0.15, 0.2) is 0 Å². The van der Waals surface area contributed by atoms with Gasteiger partial charge in [-0.1, -0.05) is 25.1 Å². The highest BCUT2D eigenvalue weighted by Crippen LogP contribution is 2.26. The SMILES string of the molecule is CCC(NCCCCN(C)C)c1ccccc1OC. The fourth-order valence-electron chi connectivity index (χ4n) is 2.26. The number of benzene rings is 1. The average Bonchev–Trinajstić information content (AvgIpc) is 2.42. The molecule has 0 fully saturated rings. The Morgan fingerprint density at radius 2 is 1.95 bits per heavy atom. The highest BCUT2D eigenvalue weighted by molar-refractivity contribution is 5.35. The second-order valence-electron chi connectivity index (χ2n) is 5.17. The van der Waals surface area contributed by atoms with E-state index in [-0.39, 0.29) is 0 Å². The first-order chi connectivity index (χ1) is 9.19. The number of rotatable bonds is 9. The van der Waals surface area contributed by atoms with Gasteiger partial charge in [0.05, 0.1) is 7.11 Å². The molecule has 1 atom stereocenters. The molecular weight excluding hydrogens is 236 g/mol. The molecule has 1 aromatic carbocycles. The number of unbranched alkanes of at least 4 members (excludes halogenated alkanes) is 1. The third-order valence-electron chi connectivity index (χ3n) is 3.35. The summed E-state index contributed by atoms with van der Waals surface area (Å²) in [6, 6.07) is 8.67. The molecule has 0 bridgehead atoms. The molecule has 3 heteroatoms. The Labute approximate surface area is 118 Å². The first-order valence-corrected chi connectivity index (χ1v) is 7.20. The summed E-state index contributed by atoms with van der Waals surface area (Å²) in [6.45, 7) is 4.43. The third kappa shape index (κ3) is 5.62. The van der Waals surface area contributed by atoms with Crippen molar-refractivity contribution in [3.63, 3.8) is 0 Å². The van der Waals surface area contributed by atoms with Crippen molar-refractivity contribution in [3.05, 3.63) is 29.8 Å². The predicted octanol–water partition coefficient (Wildman–Crippen LogP) is 3.08. The van der Waals surface area contributed by atoms with Gasteiger partial charge in [-0.05, 0) is 52.5 Å². The summed E-state index contributed by atoms with van der Waals surface area (Å²) in [5.41, 5.74) is 1.26. The van der Waals surface area contributed by atoms with Crippen LogP contribution in [0.1, 0.15) is 37.8 Å². The molecule has 108 valence electrons. The Balaban J connectivity index is 2.44. The zero-order valence-electron chi connectivity index (χ0n) is 12.8. The van der Waals surface area contributed by atoms with Crippen molar-refractivity contribution >= 4 is 0 Å². The summed E-state index contributed by atoms with van der Waals surface area (Å²) in [5.74, 6) is 0.982. The van der Waals surface area contributed by atoms with Crippen LogP contribution >= 0.6 is 0 Å². The molecule has 19 heavy (non-hydrogen) atoms. The van der Waals surface area contributed by atoms with Gasteiger partial charge in [0, 0.05) is 11.6 Å². The van der Waals surface area contributed by atoms with Crippen LogP contribution in [0.15, 0.2) is 24.3 Å². The van der Waals surface area contributed by atoms with Gasteiger partial charge in [-0.15, -0.1) is 0 Å². The standard InChI is InChI=1S/C16H28N2O/c1-5-15(17-12-8-9-13-18(2)3)14-10-6-7-11-16(14)19-4/h6-7,10-11,15,17H,5,8-9,12-13H2,1-4H3. The van der Waals surface area contributed by atoms with Gasteiger partial charge in [0.2, 0.25) is 0 Å². The minimum atomic E-state index is 0.385. The Morgan fingerprint density at radius 1 is 1.21 bits per heavy atom. The van der Waals surface area contributed by atoms with Gasteiger partial charge in [-0.2, -0.15) is 0 Å². The van der Waals surface area contributed by atoms with E-state index in [0.717, 1.165) is 25.3 Å². The summed E-state index contributed by atoms with van der Waals surface area (Å²) in [6.07, 6.45) is 3.53. The van der Waals surface area contributed by atoms with Gasteiger partial charge in [0.25, 0.3) is 0 Å². The molecule has 1 rings (SSSR count). The molecule has 1 unspecified atom stereocenters. The van der Waals surface area contributed by atoms with E-state index in [1.807, 2.05) is 12.1 Å². The predicted molar refractivity (Wildman–Crippen MR) is 81.8 cm³/mol.